The summed E-state index contributed by atoms with van der Waals surface area (Å²) in [5.74, 6) is 0.601. The number of halogens is 1. The molecule has 18 heavy (non-hydrogen) atoms. The molecule has 3 heteroatoms. The van der Waals surface area contributed by atoms with Gasteiger partial charge in [-0.2, -0.15) is 0 Å². The topological polar surface area (TPSA) is 16.1 Å². The SMILES string of the molecule is CCCCN1CC(c2cncc(Cl)c2)=C[C@@H](C)C1. The first-order chi connectivity index (χ1) is 8.69. The molecule has 0 saturated carbocycles. The maximum Gasteiger partial charge on any atom is 0.0595 e. The van der Waals surface area contributed by atoms with E-state index in [4.69, 9.17) is 11.6 Å². The van der Waals surface area contributed by atoms with Crippen molar-refractivity contribution in [1.29, 1.82) is 0 Å². The zero-order valence-corrected chi connectivity index (χ0v) is 12.0. The Balaban J connectivity index is 2.12. The molecule has 1 aliphatic heterocycles. The van der Waals surface area contributed by atoms with Gasteiger partial charge in [0.05, 0.1) is 5.02 Å². The monoisotopic (exact) mass is 264 g/mol. The third-order valence-corrected chi connectivity index (χ3v) is 3.54. The van der Waals surface area contributed by atoms with Gasteiger partial charge in [-0.1, -0.05) is 37.9 Å². The zero-order chi connectivity index (χ0) is 13.0. The van der Waals surface area contributed by atoms with Crippen LogP contribution in [0.5, 0.6) is 0 Å². The smallest absolute Gasteiger partial charge is 0.0595 e. The molecule has 1 aromatic rings. The van der Waals surface area contributed by atoms with E-state index in [9.17, 15) is 0 Å². The van der Waals surface area contributed by atoms with E-state index in [1.807, 2.05) is 12.3 Å². The molecule has 2 heterocycles. The van der Waals surface area contributed by atoms with E-state index < -0.39 is 0 Å². The van der Waals surface area contributed by atoms with Crippen LogP contribution in [0.4, 0.5) is 0 Å². The molecule has 0 N–H and O–H groups in total. The van der Waals surface area contributed by atoms with Crippen molar-refractivity contribution >= 4 is 17.2 Å². The standard InChI is InChI=1S/C15H21ClN2/c1-3-4-5-18-10-12(2)6-14(11-18)13-7-15(16)9-17-8-13/h6-9,12H,3-5,10-11H2,1-2H3/t12-/m1/s1. The first-order valence-electron chi connectivity index (χ1n) is 6.73. The van der Waals surface area contributed by atoms with E-state index >= 15 is 0 Å². The second-order valence-electron chi connectivity index (χ2n) is 5.15. The first kappa shape index (κ1) is 13.6. The lowest BCUT2D eigenvalue weighted by Gasteiger charge is -2.30. The second-order valence-corrected chi connectivity index (χ2v) is 5.59. The highest BCUT2D eigenvalue weighted by Crippen LogP contribution is 2.24. The van der Waals surface area contributed by atoms with Crippen molar-refractivity contribution in [2.45, 2.75) is 26.7 Å². The molecule has 0 amide bonds. The molecule has 0 radical (unpaired) electrons. The summed E-state index contributed by atoms with van der Waals surface area (Å²) in [7, 11) is 0. The van der Waals surface area contributed by atoms with Crippen molar-refractivity contribution in [2.75, 3.05) is 19.6 Å². The van der Waals surface area contributed by atoms with Crippen LogP contribution in [-0.2, 0) is 0 Å². The minimum atomic E-state index is 0.601. The number of nitrogens with zero attached hydrogens (tertiary/aromatic N) is 2. The maximum atomic E-state index is 6.02. The molecule has 0 aromatic carbocycles. The minimum Gasteiger partial charge on any atom is -0.298 e. The summed E-state index contributed by atoms with van der Waals surface area (Å²) in [6.07, 6.45) is 8.48. The highest BCUT2D eigenvalue weighted by atomic mass is 35.5. The fourth-order valence-corrected chi connectivity index (χ4v) is 2.66. The van der Waals surface area contributed by atoms with Gasteiger partial charge in [0.2, 0.25) is 0 Å². The van der Waals surface area contributed by atoms with E-state index in [0.29, 0.717) is 10.9 Å². The molecule has 1 atom stereocenters. The van der Waals surface area contributed by atoms with Gasteiger partial charge < -0.3 is 0 Å². The molecule has 0 spiro atoms. The van der Waals surface area contributed by atoms with Gasteiger partial charge in [0.25, 0.3) is 0 Å². The summed E-state index contributed by atoms with van der Waals surface area (Å²) < 4.78 is 0. The summed E-state index contributed by atoms with van der Waals surface area (Å²) >= 11 is 6.02. The molecule has 1 aromatic heterocycles. The van der Waals surface area contributed by atoms with Gasteiger partial charge in [0, 0.05) is 25.5 Å². The predicted molar refractivity (Wildman–Crippen MR) is 77.7 cm³/mol. The normalized spacial score (nSPS) is 20.8. The van der Waals surface area contributed by atoms with Crippen molar-refractivity contribution in [3.8, 4) is 0 Å². The number of aromatic nitrogens is 1. The highest BCUT2D eigenvalue weighted by Gasteiger charge is 2.18. The third-order valence-electron chi connectivity index (χ3n) is 3.33. The molecule has 0 saturated heterocycles. The van der Waals surface area contributed by atoms with Crippen molar-refractivity contribution in [3.05, 3.63) is 35.1 Å². The van der Waals surface area contributed by atoms with Crippen LogP contribution in [0.3, 0.4) is 0 Å². The number of pyridine rings is 1. The van der Waals surface area contributed by atoms with Crippen molar-refractivity contribution in [3.63, 3.8) is 0 Å². The summed E-state index contributed by atoms with van der Waals surface area (Å²) in [4.78, 5) is 6.71. The van der Waals surface area contributed by atoms with Crippen LogP contribution < -0.4 is 0 Å². The lowest BCUT2D eigenvalue weighted by Crippen LogP contribution is -2.34. The summed E-state index contributed by atoms with van der Waals surface area (Å²) in [6.45, 7) is 7.89. The van der Waals surface area contributed by atoms with Gasteiger partial charge in [-0.15, -0.1) is 0 Å². The average Bonchev–Trinajstić information content (AvgIpc) is 2.36. The van der Waals surface area contributed by atoms with Gasteiger partial charge in [0.15, 0.2) is 0 Å². The molecule has 0 aliphatic carbocycles. The quantitative estimate of drug-likeness (QED) is 0.821. The first-order valence-corrected chi connectivity index (χ1v) is 7.10. The Bertz CT molecular complexity index is 428. The van der Waals surface area contributed by atoms with Crippen LogP contribution >= 0.6 is 11.6 Å². The largest absolute Gasteiger partial charge is 0.298 e. The molecule has 2 nitrogen and oxygen atoms in total. The molecular formula is C15H21ClN2. The molecule has 0 bridgehead atoms. The van der Waals surface area contributed by atoms with Crippen LogP contribution in [0.25, 0.3) is 5.57 Å². The predicted octanol–water partition coefficient (Wildman–Crippen LogP) is 3.87. The van der Waals surface area contributed by atoms with E-state index in [2.05, 4.69) is 29.8 Å². The maximum absolute atomic E-state index is 6.02. The Hall–Kier alpha value is -0.860. The number of unbranched alkanes of at least 4 members (excludes halogenated alkanes) is 1. The fraction of sp³-hybridized carbons (Fsp3) is 0.533. The molecule has 98 valence electrons. The van der Waals surface area contributed by atoms with Crippen molar-refractivity contribution in [2.24, 2.45) is 5.92 Å². The Kier molecular flexibility index (Phi) is 4.79. The fourth-order valence-electron chi connectivity index (χ4n) is 2.49. The van der Waals surface area contributed by atoms with Gasteiger partial charge in [-0.3, -0.25) is 9.88 Å². The van der Waals surface area contributed by atoms with Crippen LogP contribution in [0.15, 0.2) is 24.5 Å². The lowest BCUT2D eigenvalue weighted by atomic mass is 9.97. The molecule has 1 aliphatic rings. The second kappa shape index (κ2) is 6.35. The molecule has 0 unspecified atom stereocenters. The lowest BCUT2D eigenvalue weighted by molar-refractivity contribution is 0.268. The number of hydrogen-bond acceptors (Lipinski definition) is 2. The van der Waals surface area contributed by atoms with Crippen LogP contribution in [0.1, 0.15) is 32.3 Å². The van der Waals surface area contributed by atoms with E-state index in [1.165, 1.54) is 25.0 Å². The number of rotatable bonds is 4. The number of hydrogen-bond donors (Lipinski definition) is 0. The van der Waals surface area contributed by atoms with E-state index in [0.717, 1.165) is 18.7 Å². The van der Waals surface area contributed by atoms with Crippen LogP contribution in [-0.4, -0.2) is 29.5 Å². The van der Waals surface area contributed by atoms with Crippen molar-refractivity contribution < 1.29 is 0 Å². The molecular weight excluding hydrogens is 244 g/mol. The van der Waals surface area contributed by atoms with E-state index in [-0.39, 0.29) is 0 Å². The Morgan fingerprint density at radius 2 is 2.28 bits per heavy atom. The van der Waals surface area contributed by atoms with Crippen LogP contribution in [0, 0.1) is 5.92 Å². The average molecular weight is 265 g/mol. The zero-order valence-electron chi connectivity index (χ0n) is 11.2. The third kappa shape index (κ3) is 3.56. The van der Waals surface area contributed by atoms with E-state index in [1.54, 1.807) is 6.20 Å². The summed E-state index contributed by atoms with van der Waals surface area (Å²) in [5, 5.41) is 0.715. The molecule has 2 rings (SSSR count). The Labute approximate surface area is 115 Å². The van der Waals surface area contributed by atoms with Gasteiger partial charge in [-0.05, 0) is 36.1 Å². The molecule has 0 fully saturated rings. The Morgan fingerprint density at radius 3 is 3.00 bits per heavy atom. The van der Waals surface area contributed by atoms with Crippen LogP contribution in [0.2, 0.25) is 5.02 Å². The van der Waals surface area contributed by atoms with Crippen molar-refractivity contribution in [1.82, 2.24) is 9.88 Å². The minimum absolute atomic E-state index is 0.601. The van der Waals surface area contributed by atoms with Gasteiger partial charge in [-0.25, -0.2) is 0 Å². The van der Waals surface area contributed by atoms with Gasteiger partial charge in [0.1, 0.15) is 0 Å². The summed E-state index contributed by atoms with van der Waals surface area (Å²) in [6, 6.07) is 2.01. The highest BCUT2D eigenvalue weighted by molar-refractivity contribution is 6.30. The Morgan fingerprint density at radius 1 is 1.44 bits per heavy atom. The van der Waals surface area contributed by atoms with Gasteiger partial charge >= 0.3 is 0 Å². The summed E-state index contributed by atoms with van der Waals surface area (Å²) in [5.41, 5.74) is 2.52.